The molecular formula is C11H11BrClN3O. The molecule has 0 amide bonds. The first-order valence-electron chi connectivity index (χ1n) is 5.04. The van der Waals surface area contributed by atoms with E-state index in [0.29, 0.717) is 11.4 Å². The molecule has 0 bridgehead atoms. The molecule has 2 aromatic rings. The quantitative estimate of drug-likeness (QED) is 0.946. The maximum absolute atomic E-state index is 10.1. The third kappa shape index (κ3) is 3.28. The van der Waals surface area contributed by atoms with Gasteiger partial charge in [-0.25, -0.2) is 0 Å². The summed E-state index contributed by atoms with van der Waals surface area (Å²) in [6.45, 7) is 0. The number of aryl methyl sites for hydroxylation is 1. The molecule has 0 saturated carbocycles. The lowest BCUT2D eigenvalue weighted by atomic mass is 10.1. The second-order valence-corrected chi connectivity index (χ2v) is 5.16. The molecule has 90 valence electrons. The molecule has 1 N–H and O–H groups in total. The molecule has 0 aliphatic carbocycles. The van der Waals surface area contributed by atoms with E-state index in [1.54, 1.807) is 30.1 Å². The Morgan fingerprint density at radius 2 is 2.24 bits per heavy atom. The van der Waals surface area contributed by atoms with E-state index in [0.717, 1.165) is 15.7 Å². The Balaban J connectivity index is 2.16. The first kappa shape index (κ1) is 12.5. The predicted molar refractivity (Wildman–Crippen MR) is 68.8 cm³/mol. The van der Waals surface area contributed by atoms with Gasteiger partial charge in [-0.3, -0.25) is 4.68 Å². The molecule has 0 spiro atoms. The van der Waals surface area contributed by atoms with E-state index in [1.807, 2.05) is 6.07 Å². The van der Waals surface area contributed by atoms with Crippen LogP contribution in [-0.4, -0.2) is 20.1 Å². The molecule has 1 aromatic heterocycles. The highest BCUT2D eigenvalue weighted by molar-refractivity contribution is 9.10. The normalized spacial score (nSPS) is 12.7. The third-order valence-corrected chi connectivity index (χ3v) is 3.00. The highest BCUT2D eigenvalue weighted by Gasteiger charge is 2.12. The van der Waals surface area contributed by atoms with Crippen LogP contribution in [0.15, 0.2) is 28.9 Å². The van der Waals surface area contributed by atoms with Crippen LogP contribution in [0.4, 0.5) is 0 Å². The minimum Gasteiger partial charge on any atom is -0.388 e. The average Bonchev–Trinajstić information content (AvgIpc) is 2.62. The second kappa shape index (κ2) is 5.16. The summed E-state index contributed by atoms with van der Waals surface area (Å²) in [4.78, 5) is 0. The Morgan fingerprint density at radius 3 is 2.82 bits per heavy atom. The number of hydrogen-bond donors (Lipinski definition) is 1. The van der Waals surface area contributed by atoms with Crippen molar-refractivity contribution in [3.05, 3.63) is 45.1 Å². The van der Waals surface area contributed by atoms with Crippen LogP contribution in [0.5, 0.6) is 0 Å². The lowest BCUT2D eigenvalue weighted by molar-refractivity contribution is 0.177. The molecule has 17 heavy (non-hydrogen) atoms. The van der Waals surface area contributed by atoms with Crippen LogP contribution in [-0.2, 0) is 13.5 Å². The Labute approximate surface area is 112 Å². The highest BCUT2D eigenvalue weighted by atomic mass is 79.9. The molecule has 1 unspecified atom stereocenters. The summed E-state index contributed by atoms with van der Waals surface area (Å²) in [5, 5.41) is 18.4. The summed E-state index contributed by atoms with van der Waals surface area (Å²) in [5.41, 5.74) is 1.51. The van der Waals surface area contributed by atoms with Crippen LogP contribution in [0.1, 0.15) is 17.4 Å². The molecule has 0 radical (unpaired) electrons. The van der Waals surface area contributed by atoms with Gasteiger partial charge in [0.05, 0.1) is 11.8 Å². The van der Waals surface area contributed by atoms with Gasteiger partial charge in [0.15, 0.2) is 0 Å². The highest BCUT2D eigenvalue weighted by Crippen LogP contribution is 2.25. The first-order chi connectivity index (χ1) is 8.04. The number of nitrogens with zero attached hydrogens (tertiary/aromatic N) is 3. The van der Waals surface area contributed by atoms with Gasteiger partial charge in [0, 0.05) is 29.2 Å². The largest absolute Gasteiger partial charge is 0.388 e. The van der Waals surface area contributed by atoms with E-state index in [4.69, 9.17) is 11.6 Å². The van der Waals surface area contributed by atoms with Gasteiger partial charge in [-0.15, -0.1) is 5.10 Å². The Bertz CT molecular complexity index is 509. The van der Waals surface area contributed by atoms with E-state index >= 15 is 0 Å². The molecule has 0 aliphatic heterocycles. The number of aliphatic hydroxyl groups is 1. The van der Waals surface area contributed by atoms with Crippen LogP contribution in [0.25, 0.3) is 0 Å². The summed E-state index contributed by atoms with van der Waals surface area (Å²) < 4.78 is 2.45. The van der Waals surface area contributed by atoms with Crippen molar-refractivity contribution in [3.8, 4) is 0 Å². The summed E-state index contributed by atoms with van der Waals surface area (Å²) >= 11 is 9.27. The molecule has 0 saturated heterocycles. The number of halogens is 2. The van der Waals surface area contributed by atoms with Crippen molar-refractivity contribution in [2.24, 2.45) is 7.05 Å². The van der Waals surface area contributed by atoms with Crippen LogP contribution < -0.4 is 0 Å². The number of rotatable bonds is 3. The first-order valence-corrected chi connectivity index (χ1v) is 6.21. The third-order valence-electron chi connectivity index (χ3n) is 2.32. The van der Waals surface area contributed by atoms with Crippen molar-refractivity contribution in [2.45, 2.75) is 12.5 Å². The molecular weight excluding hydrogens is 305 g/mol. The Kier molecular flexibility index (Phi) is 3.81. The molecule has 0 fully saturated rings. The standard InChI is InChI=1S/C11H11BrClN3O/c1-16-6-10(14-15-16)5-11(17)7-2-8(12)4-9(13)3-7/h2-4,6,11,17H,5H2,1H3. The molecule has 0 aliphatic rings. The number of aliphatic hydroxyl groups excluding tert-OH is 1. The summed E-state index contributed by atoms with van der Waals surface area (Å²) in [6.07, 6.45) is 1.56. The van der Waals surface area contributed by atoms with Crippen molar-refractivity contribution in [3.63, 3.8) is 0 Å². The zero-order valence-electron chi connectivity index (χ0n) is 9.14. The van der Waals surface area contributed by atoms with Gasteiger partial charge in [-0.2, -0.15) is 0 Å². The second-order valence-electron chi connectivity index (χ2n) is 3.81. The van der Waals surface area contributed by atoms with Crippen LogP contribution in [0, 0.1) is 0 Å². The van der Waals surface area contributed by atoms with Crippen molar-refractivity contribution in [2.75, 3.05) is 0 Å². The van der Waals surface area contributed by atoms with Gasteiger partial charge in [0.1, 0.15) is 0 Å². The van der Waals surface area contributed by atoms with Crippen molar-refractivity contribution < 1.29 is 5.11 Å². The zero-order chi connectivity index (χ0) is 12.4. The maximum Gasteiger partial charge on any atom is 0.0856 e. The SMILES string of the molecule is Cn1cc(CC(O)c2cc(Cl)cc(Br)c2)nn1. The molecule has 2 rings (SSSR count). The van der Waals surface area contributed by atoms with Crippen LogP contribution in [0.3, 0.4) is 0 Å². The van der Waals surface area contributed by atoms with E-state index < -0.39 is 6.10 Å². The summed E-state index contributed by atoms with van der Waals surface area (Å²) in [7, 11) is 1.79. The molecule has 1 atom stereocenters. The maximum atomic E-state index is 10.1. The van der Waals surface area contributed by atoms with Crippen molar-refractivity contribution in [1.82, 2.24) is 15.0 Å². The molecule has 4 nitrogen and oxygen atoms in total. The minimum absolute atomic E-state index is 0.417. The van der Waals surface area contributed by atoms with Crippen molar-refractivity contribution >= 4 is 27.5 Å². The fourth-order valence-corrected chi connectivity index (χ4v) is 2.46. The topological polar surface area (TPSA) is 50.9 Å². The number of aromatic nitrogens is 3. The van der Waals surface area contributed by atoms with Gasteiger partial charge in [0.2, 0.25) is 0 Å². The van der Waals surface area contributed by atoms with Crippen molar-refractivity contribution in [1.29, 1.82) is 0 Å². The average molecular weight is 317 g/mol. The van der Waals surface area contributed by atoms with Gasteiger partial charge >= 0.3 is 0 Å². The van der Waals surface area contributed by atoms with Crippen LogP contribution >= 0.6 is 27.5 Å². The van der Waals surface area contributed by atoms with Gasteiger partial charge in [0.25, 0.3) is 0 Å². The molecule has 1 aromatic carbocycles. The number of benzene rings is 1. The summed E-state index contributed by atoms with van der Waals surface area (Å²) in [6, 6.07) is 5.36. The fraction of sp³-hybridized carbons (Fsp3) is 0.273. The van der Waals surface area contributed by atoms with E-state index in [-0.39, 0.29) is 0 Å². The fourth-order valence-electron chi connectivity index (χ4n) is 1.57. The van der Waals surface area contributed by atoms with E-state index in [9.17, 15) is 5.11 Å². The zero-order valence-corrected chi connectivity index (χ0v) is 11.5. The predicted octanol–water partition coefficient (Wildman–Crippen LogP) is 2.51. The monoisotopic (exact) mass is 315 g/mol. The number of hydrogen-bond acceptors (Lipinski definition) is 3. The van der Waals surface area contributed by atoms with Gasteiger partial charge in [-0.05, 0) is 23.8 Å². The van der Waals surface area contributed by atoms with E-state index in [2.05, 4.69) is 26.2 Å². The lowest BCUT2D eigenvalue weighted by Gasteiger charge is -2.10. The Hall–Kier alpha value is -0.910. The summed E-state index contributed by atoms with van der Waals surface area (Å²) in [5.74, 6) is 0. The lowest BCUT2D eigenvalue weighted by Crippen LogP contribution is -2.02. The minimum atomic E-state index is -0.637. The molecule has 1 heterocycles. The van der Waals surface area contributed by atoms with Gasteiger partial charge < -0.3 is 5.11 Å². The Morgan fingerprint density at radius 1 is 1.47 bits per heavy atom. The van der Waals surface area contributed by atoms with Crippen LogP contribution in [0.2, 0.25) is 5.02 Å². The van der Waals surface area contributed by atoms with E-state index in [1.165, 1.54) is 0 Å². The van der Waals surface area contributed by atoms with Gasteiger partial charge in [-0.1, -0.05) is 32.7 Å². The smallest absolute Gasteiger partial charge is 0.0856 e. The molecule has 6 heteroatoms.